The van der Waals surface area contributed by atoms with Crippen molar-refractivity contribution in [3.8, 4) is 12.0 Å². The van der Waals surface area contributed by atoms with Crippen LogP contribution in [0.2, 0.25) is 5.02 Å². The van der Waals surface area contributed by atoms with Gasteiger partial charge in [-0.2, -0.15) is 0 Å². The maximum atomic E-state index is 11.9. The van der Waals surface area contributed by atoms with E-state index in [0.717, 1.165) is 5.56 Å². The van der Waals surface area contributed by atoms with Gasteiger partial charge >= 0.3 is 0 Å². The smallest absolute Gasteiger partial charge is 0.292 e. The second-order valence-electron chi connectivity index (χ2n) is 4.93. The number of carbonyl (C=O) groups excluding carboxylic acids is 1. The lowest BCUT2D eigenvalue weighted by atomic mass is 10.2. The number of halogens is 1. The van der Waals surface area contributed by atoms with E-state index in [1.54, 1.807) is 48.7 Å². The molecule has 0 radical (unpaired) electrons. The van der Waals surface area contributed by atoms with Crippen molar-refractivity contribution >= 4 is 23.2 Å². The third-order valence-electron chi connectivity index (χ3n) is 3.19. The monoisotopic (exact) mass is 345 g/mol. The molecule has 0 saturated carbocycles. The van der Waals surface area contributed by atoms with Gasteiger partial charge in [-0.15, -0.1) is 5.26 Å². The fraction of sp³-hybridized carbons (Fsp3) is 0.176. The number of para-hydroxylation sites is 2. The van der Waals surface area contributed by atoms with Crippen LogP contribution in [0.15, 0.2) is 48.5 Å². The van der Waals surface area contributed by atoms with E-state index < -0.39 is 12.0 Å². The Balaban J connectivity index is 1.85. The largest absolute Gasteiger partial charge is 0.386 e. The third kappa shape index (κ3) is 5.16. The minimum Gasteiger partial charge on any atom is -0.386 e. The van der Waals surface area contributed by atoms with Crippen LogP contribution in [-0.2, 0) is 11.3 Å². The molecule has 1 unspecified atom stereocenters. The van der Waals surface area contributed by atoms with Crippen LogP contribution in [0.25, 0.3) is 0 Å². The normalized spacial score (nSPS) is 11.2. The predicted molar refractivity (Wildman–Crippen MR) is 90.5 cm³/mol. The minimum absolute atomic E-state index is 0.0207. The Kier molecular flexibility index (Phi) is 6.43. The molecule has 0 bridgehead atoms. The number of amides is 1. The fourth-order valence-electron chi connectivity index (χ4n) is 2.00. The fourth-order valence-corrected chi connectivity index (χ4v) is 2.22. The Morgan fingerprint density at radius 2 is 2.08 bits per heavy atom. The number of hydrogen-bond donors (Lipinski definition) is 3. The Morgan fingerprint density at radius 1 is 1.29 bits per heavy atom. The number of nitriles is 1. The van der Waals surface area contributed by atoms with Gasteiger partial charge in [-0.05, 0) is 29.8 Å². The van der Waals surface area contributed by atoms with Gasteiger partial charge < -0.3 is 20.5 Å². The molecule has 2 aromatic carbocycles. The molecule has 0 saturated heterocycles. The molecular formula is C17H16ClN3O3. The standard InChI is InChI=1S/C17H16ClN3O3/c18-13-5-3-4-12(8-13)9-21-17(23)15(22)10-20-14-6-1-2-7-16(14)24-11-19/h1-8,15,20,22H,9-10H2,(H,21,23). The molecule has 3 N–H and O–H groups in total. The van der Waals surface area contributed by atoms with Crippen LogP contribution in [0.5, 0.6) is 5.75 Å². The lowest BCUT2D eigenvalue weighted by Crippen LogP contribution is -2.38. The van der Waals surface area contributed by atoms with E-state index in [9.17, 15) is 9.90 Å². The first kappa shape index (κ1) is 17.6. The SMILES string of the molecule is N#COc1ccccc1NCC(O)C(=O)NCc1cccc(Cl)c1. The summed E-state index contributed by atoms with van der Waals surface area (Å²) in [4.78, 5) is 11.9. The molecule has 0 aliphatic carbocycles. The molecule has 0 heterocycles. The van der Waals surface area contributed by atoms with E-state index in [4.69, 9.17) is 21.6 Å². The lowest BCUT2D eigenvalue weighted by molar-refractivity contribution is -0.128. The highest BCUT2D eigenvalue weighted by molar-refractivity contribution is 6.30. The van der Waals surface area contributed by atoms with Crippen LogP contribution < -0.4 is 15.4 Å². The number of hydrogen-bond acceptors (Lipinski definition) is 5. The maximum Gasteiger partial charge on any atom is 0.292 e. The van der Waals surface area contributed by atoms with E-state index in [-0.39, 0.29) is 13.1 Å². The zero-order valence-corrected chi connectivity index (χ0v) is 13.5. The van der Waals surface area contributed by atoms with E-state index in [0.29, 0.717) is 16.5 Å². The molecule has 2 rings (SSSR count). The van der Waals surface area contributed by atoms with E-state index >= 15 is 0 Å². The molecular weight excluding hydrogens is 330 g/mol. The van der Waals surface area contributed by atoms with Crippen molar-refractivity contribution in [1.29, 1.82) is 5.26 Å². The summed E-state index contributed by atoms with van der Waals surface area (Å²) in [5.74, 6) is -0.187. The second-order valence-corrected chi connectivity index (χ2v) is 5.37. The number of aliphatic hydroxyl groups excluding tert-OH is 1. The summed E-state index contributed by atoms with van der Waals surface area (Å²) in [5, 5.41) is 24.6. The maximum absolute atomic E-state index is 11.9. The highest BCUT2D eigenvalue weighted by Crippen LogP contribution is 2.23. The van der Waals surface area contributed by atoms with Gasteiger partial charge in [0, 0.05) is 18.1 Å². The molecule has 0 spiro atoms. The minimum atomic E-state index is -1.25. The highest BCUT2D eigenvalue weighted by atomic mass is 35.5. The summed E-state index contributed by atoms with van der Waals surface area (Å²) in [7, 11) is 0. The van der Waals surface area contributed by atoms with Gasteiger partial charge in [0.15, 0.2) is 5.75 Å². The zero-order valence-electron chi connectivity index (χ0n) is 12.7. The topological polar surface area (TPSA) is 94.4 Å². The Morgan fingerprint density at radius 3 is 2.83 bits per heavy atom. The summed E-state index contributed by atoms with van der Waals surface area (Å²) < 4.78 is 4.79. The van der Waals surface area contributed by atoms with E-state index in [1.165, 1.54) is 0 Å². The molecule has 1 amide bonds. The van der Waals surface area contributed by atoms with Crippen molar-refractivity contribution in [1.82, 2.24) is 5.32 Å². The molecule has 2 aromatic rings. The average molecular weight is 346 g/mol. The van der Waals surface area contributed by atoms with Gasteiger partial charge in [0.2, 0.25) is 0 Å². The van der Waals surface area contributed by atoms with Gasteiger partial charge in [0.25, 0.3) is 12.2 Å². The lowest BCUT2D eigenvalue weighted by Gasteiger charge is -2.14. The van der Waals surface area contributed by atoms with Gasteiger partial charge in [0.1, 0.15) is 6.10 Å². The Bertz CT molecular complexity index is 746. The number of nitrogens with zero attached hydrogens (tertiary/aromatic N) is 1. The highest BCUT2D eigenvalue weighted by Gasteiger charge is 2.15. The number of anilines is 1. The quantitative estimate of drug-likeness (QED) is 0.669. The van der Waals surface area contributed by atoms with Crippen LogP contribution in [0, 0.1) is 11.5 Å². The first-order valence-electron chi connectivity index (χ1n) is 7.19. The van der Waals surface area contributed by atoms with Crippen LogP contribution in [0.3, 0.4) is 0 Å². The number of rotatable bonds is 7. The molecule has 24 heavy (non-hydrogen) atoms. The first-order valence-corrected chi connectivity index (χ1v) is 7.57. The average Bonchev–Trinajstić information content (AvgIpc) is 2.59. The summed E-state index contributed by atoms with van der Waals surface area (Å²) in [6.45, 7) is 0.248. The molecule has 1 atom stereocenters. The third-order valence-corrected chi connectivity index (χ3v) is 3.42. The second kappa shape index (κ2) is 8.77. The van der Waals surface area contributed by atoms with Crippen LogP contribution in [0.1, 0.15) is 5.56 Å². The molecule has 0 aliphatic rings. The van der Waals surface area contributed by atoms with Gasteiger partial charge in [-0.3, -0.25) is 4.79 Å². The van der Waals surface area contributed by atoms with Crippen LogP contribution in [0.4, 0.5) is 5.69 Å². The molecule has 7 heteroatoms. The number of carbonyl (C=O) groups is 1. The summed E-state index contributed by atoms with van der Waals surface area (Å²) in [6, 6.07) is 13.8. The Labute approximate surface area is 144 Å². The van der Waals surface area contributed by atoms with Gasteiger partial charge in [-0.25, -0.2) is 0 Å². The summed E-state index contributed by atoms with van der Waals surface area (Å²) in [5.41, 5.74) is 1.35. The molecule has 6 nitrogen and oxygen atoms in total. The molecule has 0 aromatic heterocycles. The van der Waals surface area contributed by atoms with E-state index in [2.05, 4.69) is 10.6 Å². The molecule has 124 valence electrons. The van der Waals surface area contributed by atoms with Gasteiger partial charge in [0.05, 0.1) is 5.69 Å². The van der Waals surface area contributed by atoms with Crippen LogP contribution >= 0.6 is 11.6 Å². The zero-order chi connectivity index (χ0) is 17.4. The first-order chi connectivity index (χ1) is 11.6. The van der Waals surface area contributed by atoms with Crippen molar-refractivity contribution in [2.24, 2.45) is 0 Å². The van der Waals surface area contributed by atoms with Crippen LogP contribution in [-0.4, -0.2) is 23.7 Å². The van der Waals surface area contributed by atoms with Crippen molar-refractivity contribution in [2.45, 2.75) is 12.6 Å². The summed E-state index contributed by atoms with van der Waals surface area (Å²) >= 11 is 5.87. The van der Waals surface area contributed by atoms with Crippen molar-refractivity contribution in [2.75, 3.05) is 11.9 Å². The number of aliphatic hydroxyl groups is 1. The van der Waals surface area contributed by atoms with E-state index in [1.807, 2.05) is 6.07 Å². The number of nitrogens with one attached hydrogen (secondary N) is 2. The van der Waals surface area contributed by atoms with Crippen molar-refractivity contribution in [3.05, 3.63) is 59.1 Å². The predicted octanol–water partition coefficient (Wildman–Crippen LogP) is 2.29. The molecule has 0 aliphatic heterocycles. The summed E-state index contributed by atoms with van der Waals surface area (Å²) in [6.07, 6.45) is 0.335. The van der Waals surface area contributed by atoms with Crippen molar-refractivity contribution < 1.29 is 14.6 Å². The number of ether oxygens (including phenoxy) is 1. The Hall–Kier alpha value is -2.75. The van der Waals surface area contributed by atoms with Crippen molar-refractivity contribution in [3.63, 3.8) is 0 Å². The van der Waals surface area contributed by atoms with Gasteiger partial charge in [-0.1, -0.05) is 35.9 Å². The molecule has 0 fully saturated rings. The number of benzene rings is 2.